The van der Waals surface area contributed by atoms with Gasteiger partial charge in [0.25, 0.3) is 5.56 Å². The Hall–Kier alpha value is -3.53. The minimum atomic E-state index is -0.487. The molecule has 0 unspecified atom stereocenters. The summed E-state index contributed by atoms with van der Waals surface area (Å²) in [5.74, 6) is -1.18. The molecule has 0 aliphatic heterocycles. The highest BCUT2D eigenvalue weighted by molar-refractivity contribution is 7.20. The van der Waals surface area contributed by atoms with Gasteiger partial charge < -0.3 is 14.8 Å². The van der Waals surface area contributed by atoms with Crippen LogP contribution in [0.25, 0.3) is 10.2 Å². The number of fused-ring (bicyclic) bond motifs is 1. The SMILES string of the molecule is CCOC(=O)c1ccc(NC(=O)Cn2cnc3sc(C(=O)OCC(C)C)c(C)c3c2=O)cc1. The first-order valence-electron chi connectivity index (χ1n) is 10.4. The first kappa shape index (κ1) is 24.1. The zero-order valence-corrected chi connectivity index (χ0v) is 19.7. The number of ether oxygens (including phenoxy) is 2. The number of carbonyl (C=O) groups is 3. The number of esters is 2. The van der Waals surface area contributed by atoms with Crippen LogP contribution in [0.2, 0.25) is 0 Å². The van der Waals surface area contributed by atoms with Crippen molar-refractivity contribution < 1.29 is 23.9 Å². The molecule has 10 heteroatoms. The molecule has 0 saturated carbocycles. The third-order valence-corrected chi connectivity index (χ3v) is 5.82. The van der Waals surface area contributed by atoms with Gasteiger partial charge in [-0.25, -0.2) is 14.6 Å². The number of benzene rings is 1. The normalized spacial score (nSPS) is 10.9. The summed E-state index contributed by atoms with van der Waals surface area (Å²) in [6, 6.07) is 6.24. The summed E-state index contributed by atoms with van der Waals surface area (Å²) < 4.78 is 11.4. The van der Waals surface area contributed by atoms with Crippen LogP contribution in [0.15, 0.2) is 35.4 Å². The number of hydrogen-bond donors (Lipinski definition) is 1. The Labute approximate surface area is 194 Å². The molecule has 0 bridgehead atoms. The van der Waals surface area contributed by atoms with Crippen LogP contribution in [0, 0.1) is 12.8 Å². The smallest absolute Gasteiger partial charge is 0.348 e. The number of aryl methyl sites for hydroxylation is 1. The van der Waals surface area contributed by atoms with Gasteiger partial charge in [-0.15, -0.1) is 11.3 Å². The molecule has 9 nitrogen and oxygen atoms in total. The summed E-state index contributed by atoms with van der Waals surface area (Å²) in [6.45, 7) is 7.56. The van der Waals surface area contributed by atoms with Gasteiger partial charge in [0.2, 0.25) is 5.91 Å². The van der Waals surface area contributed by atoms with E-state index in [9.17, 15) is 19.2 Å². The van der Waals surface area contributed by atoms with E-state index in [1.165, 1.54) is 10.9 Å². The fourth-order valence-corrected chi connectivity index (χ4v) is 4.07. The molecule has 1 aromatic carbocycles. The average Bonchev–Trinajstić information content (AvgIpc) is 3.11. The van der Waals surface area contributed by atoms with E-state index >= 15 is 0 Å². The highest BCUT2D eigenvalue weighted by atomic mass is 32.1. The first-order valence-corrected chi connectivity index (χ1v) is 11.3. The number of nitrogens with zero attached hydrogens (tertiary/aromatic N) is 2. The van der Waals surface area contributed by atoms with Crippen LogP contribution in [0.3, 0.4) is 0 Å². The van der Waals surface area contributed by atoms with E-state index in [2.05, 4.69) is 10.3 Å². The Kier molecular flexibility index (Phi) is 7.59. The number of thiophene rings is 1. The van der Waals surface area contributed by atoms with E-state index in [-0.39, 0.29) is 25.7 Å². The molecule has 2 heterocycles. The van der Waals surface area contributed by atoms with Crippen molar-refractivity contribution in [2.75, 3.05) is 18.5 Å². The maximum absolute atomic E-state index is 13.0. The molecule has 0 aliphatic rings. The van der Waals surface area contributed by atoms with Gasteiger partial charge in [-0.1, -0.05) is 13.8 Å². The molecular weight excluding hydrogens is 446 g/mol. The summed E-state index contributed by atoms with van der Waals surface area (Å²) >= 11 is 1.10. The standard InChI is InChI=1S/C23H25N3O6S/c1-5-31-22(29)15-6-8-16(9-7-15)25-17(27)10-26-12-24-20-18(21(26)28)14(4)19(33-20)23(30)32-11-13(2)3/h6-9,12-13H,5,10-11H2,1-4H3,(H,25,27). The van der Waals surface area contributed by atoms with Gasteiger partial charge in [-0.05, 0) is 49.6 Å². The molecule has 33 heavy (non-hydrogen) atoms. The van der Waals surface area contributed by atoms with Gasteiger partial charge >= 0.3 is 11.9 Å². The molecule has 3 aromatic rings. The third-order valence-electron chi connectivity index (χ3n) is 4.64. The number of hydrogen-bond acceptors (Lipinski definition) is 8. The number of carbonyl (C=O) groups excluding carboxylic acids is 3. The fourth-order valence-electron chi connectivity index (χ4n) is 3.03. The third kappa shape index (κ3) is 5.64. The Balaban J connectivity index is 1.75. The first-order chi connectivity index (χ1) is 15.7. The Bertz CT molecular complexity index is 1240. The van der Waals surface area contributed by atoms with E-state index < -0.39 is 23.4 Å². The van der Waals surface area contributed by atoms with Crippen molar-refractivity contribution in [1.82, 2.24) is 9.55 Å². The lowest BCUT2D eigenvalue weighted by Crippen LogP contribution is -2.28. The number of anilines is 1. The Morgan fingerprint density at radius 2 is 1.82 bits per heavy atom. The molecule has 0 radical (unpaired) electrons. The quantitative estimate of drug-likeness (QED) is 0.501. The van der Waals surface area contributed by atoms with E-state index in [4.69, 9.17) is 9.47 Å². The van der Waals surface area contributed by atoms with Crippen molar-refractivity contribution in [3.05, 3.63) is 57.0 Å². The Morgan fingerprint density at radius 1 is 1.12 bits per heavy atom. The van der Waals surface area contributed by atoms with Gasteiger partial charge in [-0.3, -0.25) is 14.2 Å². The van der Waals surface area contributed by atoms with Crippen molar-refractivity contribution in [2.24, 2.45) is 5.92 Å². The second kappa shape index (κ2) is 10.4. The van der Waals surface area contributed by atoms with Crippen LogP contribution in [0.1, 0.15) is 46.4 Å². The summed E-state index contributed by atoms with van der Waals surface area (Å²) in [5, 5.41) is 2.98. The van der Waals surface area contributed by atoms with Crippen molar-refractivity contribution in [2.45, 2.75) is 34.2 Å². The minimum Gasteiger partial charge on any atom is -0.462 e. The van der Waals surface area contributed by atoms with Crippen molar-refractivity contribution in [3.8, 4) is 0 Å². The highest BCUT2D eigenvalue weighted by Crippen LogP contribution is 2.27. The topological polar surface area (TPSA) is 117 Å². The van der Waals surface area contributed by atoms with Crippen LogP contribution >= 0.6 is 11.3 Å². The lowest BCUT2D eigenvalue weighted by molar-refractivity contribution is -0.116. The lowest BCUT2D eigenvalue weighted by atomic mass is 10.2. The summed E-state index contributed by atoms with van der Waals surface area (Å²) in [4.78, 5) is 54.5. The van der Waals surface area contributed by atoms with Gasteiger partial charge in [0.05, 0.1) is 30.5 Å². The van der Waals surface area contributed by atoms with Crippen molar-refractivity contribution >= 4 is 45.1 Å². The lowest BCUT2D eigenvalue weighted by Gasteiger charge is -2.08. The summed E-state index contributed by atoms with van der Waals surface area (Å²) in [6.07, 6.45) is 1.28. The number of rotatable bonds is 8. The second-order valence-electron chi connectivity index (χ2n) is 7.75. The van der Waals surface area contributed by atoms with Crippen LogP contribution in [-0.4, -0.2) is 40.6 Å². The molecular formula is C23H25N3O6S. The monoisotopic (exact) mass is 471 g/mol. The molecule has 0 spiro atoms. The van der Waals surface area contributed by atoms with E-state index in [1.807, 2.05) is 13.8 Å². The van der Waals surface area contributed by atoms with Crippen LogP contribution in [-0.2, 0) is 20.8 Å². The van der Waals surface area contributed by atoms with E-state index in [0.717, 1.165) is 11.3 Å². The van der Waals surface area contributed by atoms with Gasteiger partial charge in [0.1, 0.15) is 16.3 Å². The minimum absolute atomic E-state index is 0.193. The van der Waals surface area contributed by atoms with Crippen LogP contribution in [0.5, 0.6) is 0 Å². The molecule has 0 saturated heterocycles. The molecule has 0 aliphatic carbocycles. The maximum Gasteiger partial charge on any atom is 0.348 e. The molecule has 0 fully saturated rings. The number of aromatic nitrogens is 2. The van der Waals surface area contributed by atoms with Crippen molar-refractivity contribution in [1.29, 1.82) is 0 Å². The second-order valence-corrected chi connectivity index (χ2v) is 8.75. The molecule has 1 amide bonds. The molecule has 1 N–H and O–H groups in total. The number of amides is 1. The fraction of sp³-hybridized carbons (Fsp3) is 0.348. The zero-order valence-electron chi connectivity index (χ0n) is 18.8. The Morgan fingerprint density at radius 3 is 2.45 bits per heavy atom. The average molecular weight is 472 g/mol. The van der Waals surface area contributed by atoms with E-state index in [1.54, 1.807) is 38.1 Å². The summed E-state index contributed by atoms with van der Waals surface area (Å²) in [7, 11) is 0. The van der Waals surface area contributed by atoms with Gasteiger partial charge in [0, 0.05) is 5.69 Å². The maximum atomic E-state index is 13.0. The van der Waals surface area contributed by atoms with Gasteiger partial charge in [-0.2, -0.15) is 0 Å². The predicted molar refractivity (Wildman–Crippen MR) is 125 cm³/mol. The molecule has 0 atom stereocenters. The van der Waals surface area contributed by atoms with E-state index in [0.29, 0.717) is 31.9 Å². The van der Waals surface area contributed by atoms with Gasteiger partial charge in [0.15, 0.2) is 0 Å². The largest absolute Gasteiger partial charge is 0.462 e. The highest BCUT2D eigenvalue weighted by Gasteiger charge is 2.21. The van der Waals surface area contributed by atoms with Crippen LogP contribution < -0.4 is 10.9 Å². The molecule has 3 rings (SSSR count). The molecule has 2 aromatic heterocycles. The predicted octanol–water partition coefficient (Wildman–Crippen LogP) is 3.39. The zero-order chi connectivity index (χ0) is 24.1. The summed E-state index contributed by atoms with van der Waals surface area (Å²) in [5.41, 5.74) is 0.920. The number of nitrogens with one attached hydrogen (secondary N) is 1. The molecule has 174 valence electrons. The van der Waals surface area contributed by atoms with Crippen molar-refractivity contribution in [3.63, 3.8) is 0 Å². The van der Waals surface area contributed by atoms with Crippen LogP contribution in [0.4, 0.5) is 5.69 Å².